The fraction of sp³-hybridized carbons (Fsp3) is 0.227. The number of benzene rings is 2. The SMILES string of the molecule is COc1cc(C(=O)NC(C)c2ccc(-n3cccc3)cc2)cc(OC)c1OC. The molecule has 1 N–H and O–H groups in total. The number of rotatable bonds is 7. The zero-order valence-corrected chi connectivity index (χ0v) is 16.4. The molecule has 1 unspecified atom stereocenters. The van der Waals surface area contributed by atoms with Crippen LogP contribution in [-0.4, -0.2) is 31.8 Å². The highest BCUT2D eigenvalue weighted by atomic mass is 16.5. The van der Waals surface area contributed by atoms with E-state index >= 15 is 0 Å². The van der Waals surface area contributed by atoms with Crippen molar-refractivity contribution in [3.05, 3.63) is 72.1 Å². The molecule has 0 saturated carbocycles. The second-order valence-electron chi connectivity index (χ2n) is 6.29. The lowest BCUT2D eigenvalue weighted by molar-refractivity contribution is 0.0939. The maximum atomic E-state index is 12.8. The number of amides is 1. The molecule has 6 nitrogen and oxygen atoms in total. The lowest BCUT2D eigenvalue weighted by Gasteiger charge is -2.17. The summed E-state index contributed by atoms with van der Waals surface area (Å²) in [7, 11) is 4.57. The molecule has 1 aromatic heterocycles. The van der Waals surface area contributed by atoms with Gasteiger partial charge in [-0.1, -0.05) is 12.1 Å². The minimum absolute atomic E-state index is 0.162. The monoisotopic (exact) mass is 380 g/mol. The summed E-state index contributed by atoms with van der Waals surface area (Å²) in [5, 5.41) is 3.01. The van der Waals surface area contributed by atoms with Gasteiger partial charge in [0.1, 0.15) is 0 Å². The minimum Gasteiger partial charge on any atom is -0.493 e. The number of carbonyl (C=O) groups is 1. The van der Waals surface area contributed by atoms with Crippen molar-refractivity contribution in [1.82, 2.24) is 9.88 Å². The number of nitrogens with zero attached hydrogens (tertiary/aromatic N) is 1. The molecule has 3 aromatic rings. The minimum atomic E-state index is -0.221. The Bertz CT molecular complexity index is 909. The maximum Gasteiger partial charge on any atom is 0.252 e. The fourth-order valence-corrected chi connectivity index (χ4v) is 3.02. The van der Waals surface area contributed by atoms with E-state index < -0.39 is 0 Å². The van der Waals surface area contributed by atoms with Crippen LogP contribution < -0.4 is 19.5 Å². The summed E-state index contributed by atoms with van der Waals surface area (Å²) in [4.78, 5) is 12.8. The largest absolute Gasteiger partial charge is 0.493 e. The van der Waals surface area contributed by atoms with Crippen LogP contribution in [-0.2, 0) is 0 Å². The Morgan fingerprint density at radius 2 is 1.50 bits per heavy atom. The van der Waals surface area contributed by atoms with Crippen LogP contribution in [0.15, 0.2) is 60.9 Å². The van der Waals surface area contributed by atoms with Gasteiger partial charge < -0.3 is 24.1 Å². The van der Waals surface area contributed by atoms with E-state index in [1.165, 1.54) is 21.3 Å². The molecule has 0 radical (unpaired) electrons. The molecule has 1 atom stereocenters. The van der Waals surface area contributed by atoms with Gasteiger partial charge in [-0.25, -0.2) is 0 Å². The van der Waals surface area contributed by atoms with Crippen molar-refractivity contribution in [2.45, 2.75) is 13.0 Å². The van der Waals surface area contributed by atoms with E-state index in [1.54, 1.807) is 12.1 Å². The number of methoxy groups -OCH3 is 3. The highest BCUT2D eigenvalue weighted by Crippen LogP contribution is 2.38. The Kier molecular flexibility index (Phi) is 5.89. The third kappa shape index (κ3) is 3.96. The van der Waals surface area contributed by atoms with E-state index in [9.17, 15) is 4.79 Å². The first-order valence-electron chi connectivity index (χ1n) is 8.91. The summed E-state index contributed by atoms with van der Waals surface area (Å²) < 4.78 is 18.0. The molecule has 146 valence electrons. The van der Waals surface area contributed by atoms with E-state index in [2.05, 4.69) is 5.32 Å². The van der Waals surface area contributed by atoms with E-state index in [4.69, 9.17) is 14.2 Å². The van der Waals surface area contributed by atoms with Crippen molar-refractivity contribution in [1.29, 1.82) is 0 Å². The first-order chi connectivity index (χ1) is 13.6. The standard InChI is InChI=1S/C22H24N2O4/c1-15(16-7-9-18(10-8-16)24-11-5-6-12-24)23-22(25)17-13-19(26-2)21(28-4)20(14-17)27-3/h5-15H,1-4H3,(H,23,25). The highest BCUT2D eigenvalue weighted by Gasteiger charge is 2.18. The van der Waals surface area contributed by atoms with Crippen LogP contribution in [0.25, 0.3) is 5.69 Å². The molecule has 28 heavy (non-hydrogen) atoms. The highest BCUT2D eigenvalue weighted by molar-refractivity contribution is 5.95. The molecule has 0 saturated heterocycles. The van der Waals surface area contributed by atoms with Crippen LogP contribution in [0, 0.1) is 0 Å². The van der Waals surface area contributed by atoms with Gasteiger partial charge in [-0.3, -0.25) is 4.79 Å². The number of ether oxygens (including phenoxy) is 3. The Morgan fingerprint density at radius 3 is 2.00 bits per heavy atom. The van der Waals surface area contributed by atoms with Gasteiger partial charge in [0, 0.05) is 23.6 Å². The van der Waals surface area contributed by atoms with Gasteiger partial charge in [0.15, 0.2) is 11.5 Å². The molecular formula is C22H24N2O4. The summed E-state index contributed by atoms with van der Waals surface area (Å²) in [6.07, 6.45) is 3.98. The molecule has 0 fully saturated rings. The van der Waals surface area contributed by atoms with E-state index in [1.807, 2.05) is 60.3 Å². The van der Waals surface area contributed by atoms with E-state index in [0.717, 1.165) is 11.3 Å². The molecule has 2 aromatic carbocycles. The van der Waals surface area contributed by atoms with Crippen LogP contribution in [0.5, 0.6) is 17.2 Å². The van der Waals surface area contributed by atoms with Crippen molar-refractivity contribution < 1.29 is 19.0 Å². The van der Waals surface area contributed by atoms with Crippen LogP contribution in [0.3, 0.4) is 0 Å². The molecule has 0 bridgehead atoms. The molecule has 1 amide bonds. The van der Waals surface area contributed by atoms with Crippen molar-refractivity contribution in [2.75, 3.05) is 21.3 Å². The average Bonchev–Trinajstić information content (AvgIpc) is 3.27. The topological polar surface area (TPSA) is 61.7 Å². The molecule has 3 rings (SSSR count). The maximum absolute atomic E-state index is 12.8. The van der Waals surface area contributed by atoms with Gasteiger partial charge in [-0.2, -0.15) is 0 Å². The van der Waals surface area contributed by atoms with E-state index in [-0.39, 0.29) is 11.9 Å². The Morgan fingerprint density at radius 1 is 0.929 bits per heavy atom. The molecule has 1 heterocycles. The Labute approximate surface area is 164 Å². The van der Waals surface area contributed by atoms with Gasteiger partial charge in [-0.05, 0) is 48.9 Å². The second-order valence-corrected chi connectivity index (χ2v) is 6.29. The molecule has 0 aliphatic carbocycles. The fourth-order valence-electron chi connectivity index (χ4n) is 3.02. The van der Waals surface area contributed by atoms with Gasteiger partial charge in [0.2, 0.25) is 5.75 Å². The number of nitrogens with one attached hydrogen (secondary N) is 1. The zero-order valence-electron chi connectivity index (χ0n) is 16.4. The summed E-state index contributed by atoms with van der Waals surface area (Å²) in [6.45, 7) is 1.94. The van der Waals surface area contributed by atoms with E-state index in [0.29, 0.717) is 22.8 Å². The zero-order chi connectivity index (χ0) is 20.1. The molecular weight excluding hydrogens is 356 g/mol. The van der Waals surface area contributed by atoms with Crippen LogP contribution >= 0.6 is 0 Å². The van der Waals surface area contributed by atoms with Crippen molar-refractivity contribution in [3.8, 4) is 22.9 Å². The predicted octanol–water partition coefficient (Wildman–Crippen LogP) is 3.99. The van der Waals surface area contributed by atoms with Crippen LogP contribution in [0.4, 0.5) is 0 Å². The number of aromatic nitrogens is 1. The molecule has 0 aliphatic rings. The summed E-state index contributed by atoms with van der Waals surface area (Å²) >= 11 is 0. The Balaban J connectivity index is 1.77. The first kappa shape index (κ1) is 19.4. The quantitative estimate of drug-likeness (QED) is 0.673. The van der Waals surface area contributed by atoms with Crippen molar-refractivity contribution >= 4 is 5.91 Å². The Hall–Kier alpha value is -3.41. The third-order valence-corrected chi connectivity index (χ3v) is 4.57. The van der Waals surface area contributed by atoms with Gasteiger partial charge in [0.25, 0.3) is 5.91 Å². The van der Waals surface area contributed by atoms with Crippen LogP contribution in [0.2, 0.25) is 0 Å². The number of carbonyl (C=O) groups excluding carboxylic acids is 1. The van der Waals surface area contributed by atoms with Gasteiger partial charge in [-0.15, -0.1) is 0 Å². The predicted molar refractivity (Wildman–Crippen MR) is 108 cm³/mol. The third-order valence-electron chi connectivity index (χ3n) is 4.57. The normalized spacial score (nSPS) is 11.6. The summed E-state index contributed by atoms with van der Waals surface area (Å²) in [6, 6.07) is 15.1. The first-order valence-corrected chi connectivity index (χ1v) is 8.91. The number of hydrogen-bond acceptors (Lipinski definition) is 4. The summed E-state index contributed by atoms with van der Waals surface area (Å²) in [5.74, 6) is 1.11. The second kappa shape index (κ2) is 8.52. The number of hydrogen-bond donors (Lipinski definition) is 1. The van der Waals surface area contributed by atoms with Crippen LogP contribution in [0.1, 0.15) is 28.9 Å². The smallest absolute Gasteiger partial charge is 0.252 e. The molecule has 6 heteroatoms. The lowest BCUT2D eigenvalue weighted by Crippen LogP contribution is -2.26. The van der Waals surface area contributed by atoms with Gasteiger partial charge >= 0.3 is 0 Å². The van der Waals surface area contributed by atoms with Crippen molar-refractivity contribution in [3.63, 3.8) is 0 Å². The summed E-state index contributed by atoms with van der Waals surface area (Å²) in [5.41, 5.74) is 2.51. The van der Waals surface area contributed by atoms with Gasteiger partial charge in [0.05, 0.1) is 27.4 Å². The lowest BCUT2D eigenvalue weighted by atomic mass is 10.1. The molecule has 0 aliphatic heterocycles. The van der Waals surface area contributed by atoms with Crippen molar-refractivity contribution in [2.24, 2.45) is 0 Å². The average molecular weight is 380 g/mol. The molecule has 0 spiro atoms.